The highest BCUT2D eigenvalue weighted by Gasteiger charge is 2.41. The summed E-state index contributed by atoms with van der Waals surface area (Å²) in [5, 5.41) is 0. The van der Waals surface area contributed by atoms with E-state index >= 15 is 0 Å². The van der Waals surface area contributed by atoms with Gasteiger partial charge in [-0.1, -0.05) is 30.3 Å². The molecule has 0 radical (unpaired) electrons. The van der Waals surface area contributed by atoms with E-state index in [2.05, 4.69) is 6.08 Å². The zero-order chi connectivity index (χ0) is 17.5. The van der Waals surface area contributed by atoms with Gasteiger partial charge in [0, 0.05) is 11.6 Å². The van der Waals surface area contributed by atoms with Crippen LogP contribution in [-0.2, 0) is 4.74 Å². The van der Waals surface area contributed by atoms with Crippen molar-refractivity contribution in [2.75, 3.05) is 0 Å². The maximum atomic E-state index is 12.5. The van der Waals surface area contributed by atoms with E-state index in [0.29, 0.717) is 0 Å². The monoisotopic (exact) mass is 327 g/mol. The van der Waals surface area contributed by atoms with E-state index in [1.54, 1.807) is 6.92 Å². The lowest BCUT2D eigenvalue weighted by Gasteiger charge is -2.35. The fraction of sp³-hybridized carbons (Fsp3) is 0.500. The SMILES string of the molecule is CC(=O)c1ccc(C2=CC3CCC(C2)N3C(=O)OC(C)(C)C)cc1. The van der Waals surface area contributed by atoms with Gasteiger partial charge in [-0.3, -0.25) is 9.69 Å². The minimum Gasteiger partial charge on any atom is -0.444 e. The maximum Gasteiger partial charge on any atom is 0.411 e. The number of ether oxygens (including phenoxy) is 1. The smallest absolute Gasteiger partial charge is 0.411 e. The van der Waals surface area contributed by atoms with Crippen LogP contribution in [0.3, 0.4) is 0 Å². The van der Waals surface area contributed by atoms with Gasteiger partial charge in [0.05, 0.1) is 6.04 Å². The molecule has 128 valence electrons. The summed E-state index contributed by atoms with van der Waals surface area (Å²) in [7, 11) is 0. The van der Waals surface area contributed by atoms with E-state index in [4.69, 9.17) is 4.74 Å². The number of benzene rings is 1. The molecular weight excluding hydrogens is 302 g/mol. The van der Waals surface area contributed by atoms with Crippen molar-refractivity contribution in [3.05, 3.63) is 41.5 Å². The average Bonchev–Trinajstić information content (AvgIpc) is 2.76. The molecule has 1 aromatic rings. The molecule has 1 saturated heterocycles. The average molecular weight is 327 g/mol. The van der Waals surface area contributed by atoms with Crippen molar-refractivity contribution in [3.63, 3.8) is 0 Å². The number of rotatable bonds is 2. The Bertz CT molecular complexity index is 682. The zero-order valence-corrected chi connectivity index (χ0v) is 14.8. The molecule has 2 aliphatic rings. The number of amides is 1. The Kier molecular flexibility index (Phi) is 4.24. The number of Topliss-reactive ketones (excluding diaryl/α,β-unsaturated/α-hetero) is 1. The highest BCUT2D eigenvalue weighted by Crippen LogP contribution is 2.39. The molecule has 3 rings (SSSR count). The van der Waals surface area contributed by atoms with E-state index in [9.17, 15) is 9.59 Å². The topological polar surface area (TPSA) is 46.6 Å². The summed E-state index contributed by atoms with van der Waals surface area (Å²) < 4.78 is 5.56. The van der Waals surface area contributed by atoms with Crippen LogP contribution < -0.4 is 0 Å². The number of hydrogen-bond acceptors (Lipinski definition) is 3. The molecule has 4 nitrogen and oxygen atoms in total. The van der Waals surface area contributed by atoms with Crippen LogP contribution in [-0.4, -0.2) is 34.5 Å². The zero-order valence-electron chi connectivity index (χ0n) is 14.8. The summed E-state index contributed by atoms with van der Waals surface area (Å²) in [6.45, 7) is 7.27. The van der Waals surface area contributed by atoms with Crippen LogP contribution in [0.25, 0.3) is 5.57 Å². The van der Waals surface area contributed by atoms with Gasteiger partial charge in [-0.15, -0.1) is 0 Å². The summed E-state index contributed by atoms with van der Waals surface area (Å²) in [4.78, 5) is 25.8. The number of carbonyl (C=O) groups excluding carboxylic acids is 2. The fourth-order valence-electron chi connectivity index (χ4n) is 3.56. The lowest BCUT2D eigenvalue weighted by atomic mass is 9.94. The first kappa shape index (κ1) is 16.7. The van der Waals surface area contributed by atoms with Crippen molar-refractivity contribution in [1.29, 1.82) is 0 Å². The lowest BCUT2D eigenvalue weighted by molar-refractivity contribution is 0.0175. The van der Waals surface area contributed by atoms with Gasteiger partial charge < -0.3 is 4.74 Å². The van der Waals surface area contributed by atoms with Crippen LogP contribution in [0, 0.1) is 0 Å². The Balaban J connectivity index is 1.79. The Hall–Kier alpha value is -2.10. The number of fused-ring (bicyclic) bond motifs is 2. The Labute approximate surface area is 143 Å². The van der Waals surface area contributed by atoms with Crippen LogP contribution in [0.15, 0.2) is 30.3 Å². The van der Waals surface area contributed by atoms with Crippen LogP contribution in [0.1, 0.15) is 62.9 Å². The Morgan fingerprint density at radius 1 is 1.12 bits per heavy atom. The number of ketones is 1. The molecule has 1 aromatic carbocycles. The van der Waals surface area contributed by atoms with Gasteiger partial charge in [0.15, 0.2) is 5.78 Å². The van der Waals surface area contributed by atoms with E-state index in [-0.39, 0.29) is 24.0 Å². The maximum absolute atomic E-state index is 12.5. The summed E-state index contributed by atoms with van der Waals surface area (Å²) in [5.74, 6) is 0.0790. The number of carbonyl (C=O) groups is 2. The van der Waals surface area contributed by atoms with Crippen molar-refractivity contribution in [1.82, 2.24) is 4.90 Å². The van der Waals surface area contributed by atoms with E-state index in [1.807, 2.05) is 49.9 Å². The first-order chi connectivity index (χ1) is 11.2. The largest absolute Gasteiger partial charge is 0.444 e. The first-order valence-corrected chi connectivity index (χ1v) is 8.58. The van der Waals surface area contributed by atoms with Crippen molar-refractivity contribution in [2.45, 2.75) is 64.6 Å². The van der Waals surface area contributed by atoms with E-state index < -0.39 is 5.60 Å². The molecule has 0 aliphatic carbocycles. The summed E-state index contributed by atoms with van der Waals surface area (Å²) in [5.41, 5.74) is 2.66. The first-order valence-electron chi connectivity index (χ1n) is 8.58. The Morgan fingerprint density at radius 3 is 2.33 bits per heavy atom. The highest BCUT2D eigenvalue weighted by molar-refractivity contribution is 5.94. The molecule has 0 aromatic heterocycles. The predicted molar refractivity (Wildman–Crippen MR) is 93.9 cm³/mol. The van der Waals surface area contributed by atoms with Crippen LogP contribution >= 0.6 is 0 Å². The summed E-state index contributed by atoms with van der Waals surface area (Å²) >= 11 is 0. The highest BCUT2D eigenvalue weighted by atomic mass is 16.6. The molecule has 0 saturated carbocycles. The van der Waals surface area contributed by atoms with Crippen molar-refractivity contribution >= 4 is 17.4 Å². The van der Waals surface area contributed by atoms with Gasteiger partial charge in [-0.2, -0.15) is 0 Å². The third-order valence-corrected chi connectivity index (χ3v) is 4.66. The van der Waals surface area contributed by atoms with Gasteiger partial charge in [0.25, 0.3) is 0 Å². The molecule has 2 atom stereocenters. The fourth-order valence-corrected chi connectivity index (χ4v) is 3.56. The molecule has 1 amide bonds. The van der Waals surface area contributed by atoms with E-state index in [0.717, 1.165) is 30.4 Å². The van der Waals surface area contributed by atoms with Crippen LogP contribution in [0.4, 0.5) is 4.79 Å². The van der Waals surface area contributed by atoms with Gasteiger partial charge in [0.1, 0.15) is 5.60 Å². The normalized spacial score (nSPS) is 23.0. The van der Waals surface area contributed by atoms with E-state index in [1.165, 1.54) is 5.57 Å². The molecule has 2 heterocycles. The standard InChI is InChI=1S/C20H25NO3/c1-13(22)14-5-7-15(8-6-14)16-11-17-9-10-18(12-16)21(17)19(23)24-20(2,3)4/h5-8,11,17-18H,9-10,12H2,1-4H3. The lowest BCUT2D eigenvalue weighted by Crippen LogP contribution is -2.45. The molecule has 0 N–H and O–H groups in total. The third kappa shape index (κ3) is 3.37. The van der Waals surface area contributed by atoms with Gasteiger partial charge in [-0.25, -0.2) is 4.79 Å². The second-order valence-electron chi connectivity index (χ2n) is 7.72. The molecule has 0 spiro atoms. The van der Waals surface area contributed by atoms with Crippen molar-refractivity contribution < 1.29 is 14.3 Å². The molecule has 2 unspecified atom stereocenters. The quantitative estimate of drug-likeness (QED) is 0.754. The molecule has 2 aliphatic heterocycles. The van der Waals surface area contributed by atoms with Gasteiger partial charge >= 0.3 is 6.09 Å². The molecule has 24 heavy (non-hydrogen) atoms. The molecule has 1 fully saturated rings. The Morgan fingerprint density at radius 2 is 1.79 bits per heavy atom. The van der Waals surface area contributed by atoms with Gasteiger partial charge in [-0.05, 0) is 58.1 Å². The minimum absolute atomic E-state index is 0.0790. The summed E-state index contributed by atoms with van der Waals surface area (Å²) in [6.07, 6.45) is 4.82. The second kappa shape index (κ2) is 6.08. The minimum atomic E-state index is -0.469. The summed E-state index contributed by atoms with van der Waals surface area (Å²) in [6, 6.07) is 8.08. The van der Waals surface area contributed by atoms with Crippen LogP contribution in [0.5, 0.6) is 0 Å². The third-order valence-electron chi connectivity index (χ3n) is 4.66. The molecule has 4 heteroatoms. The van der Waals surface area contributed by atoms with Crippen LogP contribution in [0.2, 0.25) is 0 Å². The second-order valence-corrected chi connectivity index (χ2v) is 7.72. The van der Waals surface area contributed by atoms with Crippen molar-refractivity contribution in [3.8, 4) is 0 Å². The van der Waals surface area contributed by atoms with Crippen molar-refractivity contribution in [2.24, 2.45) is 0 Å². The van der Waals surface area contributed by atoms with Gasteiger partial charge in [0.2, 0.25) is 0 Å². The number of nitrogens with zero attached hydrogens (tertiary/aromatic N) is 1. The number of hydrogen-bond donors (Lipinski definition) is 0. The molecule has 2 bridgehead atoms. The molecular formula is C20H25NO3. The predicted octanol–water partition coefficient (Wildman–Crippen LogP) is 4.44.